The molecule has 0 bridgehead atoms. The Hall–Kier alpha value is -2.03. The third-order valence-electron chi connectivity index (χ3n) is 4.93. The molecule has 0 unspecified atom stereocenters. The highest BCUT2D eigenvalue weighted by Gasteiger charge is 2.34. The average molecular weight is 339 g/mol. The first-order valence-electron chi connectivity index (χ1n) is 9.25. The number of nitrogens with zero attached hydrogens (tertiary/aromatic N) is 1. The highest BCUT2D eigenvalue weighted by Crippen LogP contribution is 2.38. The second-order valence-corrected chi connectivity index (χ2v) is 8.42. The summed E-state index contributed by atoms with van der Waals surface area (Å²) in [5, 5.41) is 0. The zero-order chi connectivity index (χ0) is 18.2. The number of hydrogen-bond donors (Lipinski definition) is 0. The fraction of sp³-hybridized carbons (Fsp3) is 0.500. The second kappa shape index (κ2) is 6.70. The van der Waals surface area contributed by atoms with Crippen LogP contribution in [0, 0.1) is 18.3 Å². The first kappa shape index (κ1) is 17.8. The van der Waals surface area contributed by atoms with E-state index in [0.717, 1.165) is 41.2 Å². The number of aromatic nitrogens is 1. The Labute approximate surface area is 151 Å². The van der Waals surface area contributed by atoms with E-state index in [4.69, 9.17) is 4.74 Å². The lowest BCUT2D eigenvalue weighted by atomic mass is 9.76. The van der Waals surface area contributed by atoms with Gasteiger partial charge in [0.25, 0.3) is 0 Å². The smallest absolute Gasteiger partial charge is 0.165 e. The van der Waals surface area contributed by atoms with Crippen molar-refractivity contribution in [1.29, 1.82) is 0 Å². The summed E-state index contributed by atoms with van der Waals surface area (Å²) in [6, 6.07) is 10.2. The van der Waals surface area contributed by atoms with Crippen LogP contribution in [0.3, 0.4) is 0 Å². The average Bonchev–Trinajstić information content (AvgIpc) is 2.83. The van der Waals surface area contributed by atoms with Crippen molar-refractivity contribution in [3.8, 4) is 11.4 Å². The van der Waals surface area contributed by atoms with Crippen LogP contribution in [0.25, 0.3) is 5.69 Å². The molecule has 2 aromatic rings. The lowest BCUT2D eigenvalue weighted by molar-refractivity contribution is 0.0911. The maximum atomic E-state index is 12.6. The molecule has 25 heavy (non-hydrogen) atoms. The Bertz CT molecular complexity index is 783. The lowest BCUT2D eigenvalue weighted by Gasteiger charge is -2.30. The molecule has 1 aromatic heterocycles. The normalized spacial score (nSPS) is 16.2. The molecule has 0 aliphatic heterocycles. The van der Waals surface area contributed by atoms with Crippen molar-refractivity contribution in [3.63, 3.8) is 0 Å². The monoisotopic (exact) mass is 339 g/mol. The Morgan fingerprint density at radius 1 is 1.20 bits per heavy atom. The summed E-state index contributed by atoms with van der Waals surface area (Å²) < 4.78 is 8.31. The Balaban J connectivity index is 2.02. The maximum Gasteiger partial charge on any atom is 0.165 e. The topological polar surface area (TPSA) is 31.2 Å². The molecule has 0 atom stereocenters. The number of aryl methyl sites for hydroxylation is 1. The zero-order valence-corrected chi connectivity index (χ0v) is 16.1. The van der Waals surface area contributed by atoms with Crippen LogP contribution in [0.1, 0.15) is 62.3 Å². The van der Waals surface area contributed by atoms with Crippen molar-refractivity contribution >= 4 is 5.78 Å². The van der Waals surface area contributed by atoms with Gasteiger partial charge in [-0.05, 0) is 49.3 Å². The molecule has 134 valence electrons. The Morgan fingerprint density at radius 2 is 1.92 bits per heavy atom. The van der Waals surface area contributed by atoms with Gasteiger partial charge in [0.05, 0.1) is 12.3 Å². The van der Waals surface area contributed by atoms with Crippen LogP contribution in [0.4, 0.5) is 0 Å². The molecule has 1 aromatic carbocycles. The molecule has 0 fully saturated rings. The van der Waals surface area contributed by atoms with Gasteiger partial charge in [0.1, 0.15) is 5.75 Å². The summed E-state index contributed by atoms with van der Waals surface area (Å²) in [4.78, 5) is 12.6. The molecule has 0 saturated heterocycles. The minimum atomic E-state index is 0.0000696. The number of benzene rings is 1. The zero-order valence-electron chi connectivity index (χ0n) is 16.1. The van der Waals surface area contributed by atoms with Gasteiger partial charge >= 0.3 is 0 Å². The van der Waals surface area contributed by atoms with Crippen LogP contribution in [-0.2, 0) is 6.42 Å². The highest BCUT2D eigenvalue weighted by molar-refractivity contribution is 5.99. The molecule has 0 saturated carbocycles. The standard InChI is InChI=1S/C22H29NO2/c1-15(2)10-11-25-21-9-7-6-8-18(21)23-16(3)12-17-19(23)13-22(4,5)14-20(17)24/h6-9,12,15H,10-11,13-14H2,1-5H3. The van der Waals surface area contributed by atoms with Crippen LogP contribution in [-0.4, -0.2) is 17.0 Å². The number of rotatable bonds is 5. The largest absolute Gasteiger partial charge is 0.491 e. The third-order valence-corrected chi connectivity index (χ3v) is 4.93. The molecule has 1 aliphatic carbocycles. The molecule has 0 radical (unpaired) electrons. The summed E-state index contributed by atoms with van der Waals surface area (Å²) >= 11 is 0. The Kier molecular flexibility index (Phi) is 4.77. The van der Waals surface area contributed by atoms with Gasteiger partial charge < -0.3 is 9.30 Å². The van der Waals surface area contributed by atoms with Crippen molar-refractivity contribution in [2.45, 2.75) is 53.9 Å². The number of fused-ring (bicyclic) bond motifs is 1. The fourth-order valence-corrected chi connectivity index (χ4v) is 3.66. The van der Waals surface area contributed by atoms with Gasteiger partial charge in [-0.3, -0.25) is 4.79 Å². The third kappa shape index (κ3) is 3.65. The van der Waals surface area contributed by atoms with Gasteiger partial charge in [0.2, 0.25) is 0 Å². The van der Waals surface area contributed by atoms with E-state index in [-0.39, 0.29) is 11.2 Å². The number of Topliss-reactive ketones (excluding diaryl/α,β-unsaturated/α-hetero) is 1. The molecule has 1 heterocycles. The van der Waals surface area contributed by atoms with E-state index in [1.165, 1.54) is 0 Å². The van der Waals surface area contributed by atoms with Gasteiger partial charge in [-0.1, -0.05) is 39.8 Å². The summed E-state index contributed by atoms with van der Waals surface area (Å²) in [5.41, 5.74) is 4.14. The van der Waals surface area contributed by atoms with Crippen LogP contribution in [0.2, 0.25) is 0 Å². The van der Waals surface area contributed by atoms with E-state index in [9.17, 15) is 4.79 Å². The van der Waals surface area contributed by atoms with Crippen LogP contribution < -0.4 is 4.74 Å². The number of ketones is 1. The predicted octanol–water partition coefficient (Wildman–Crippen LogP) is 5.37. The van der Waals surface area contributed by atoms with Gasteiger partial charge in [-0.15, -0.1) is 0 Å². The van der Waals surface area contributed by atoms with Gasteiger partial charge in [-0.2, -0.15) is 0 Å². The van der Waals surface area contributed by atoms with Gasteiger partial charge in [-0.25, -0.2) is 0 Å². The molecule has 3 rings (SSSR count). The molecular formula is C22H29NO2. The molecule has 1 aliphatic rings. The molecule has 0 N–H and O–H groups in total. The van der Waals surface area contributed by atoms with Crippen molar-refractivity contribution in [2.75, 3.05) is 6.61 Å². The number of hydrogen-bond acceptors (Lipinski definition) is 2. The van der Waals surface area contributed by atoms with Crippen LogP contribution >= 0.6 is 0 Å². The summed E-state index contributed by atoms with van der Waals surface area (Å²) in [6.45, 7) is 11.5. The van der Waals surface area contributed by atoms with Crippen molar-refractivity contribution in [1.82, 2.24) is 4.57 Å². The minimum Gasteiger partial charge on any atom is -0.491 e. The summed E-state index contributed by atoms with van der Waals surface area (Å²) in [7, 11) is 0. The first-order chi connectivity index (χ1) is 11.8. The maximum absolute atomic E-state index is 12.6. The fourth-order valence-electron chi connectivity index (χ4n) is 3.66. The number of carbonyl (C=O) groups excluding carboxylic acids is 1. The number of para-hydroxylation sites is 2. The SMILES string of the molecule is Cc1cc2c(n1-c1ccccc1OCCC(C)C)CC(C)(C)CC2=O. The van der Waals surface area contributed by atoms with E-state index in [0.29, 0.717) is 18.9 Å². The Morgan fingerprint density at radius 3 is 2.64 bits per heavy atom. The van der Waals surface area contributed by atoms with Gasteiger partial charge in [0.15, 0.2) is 5.78 Å². The van der Waals surface area contributed by atoms with Crippen LogP contribution in [0.15, 0.2) is 30.3 Å². The number of ether oxygens (including phenoxy) is 1. The molecule has 0 amide bonds. The predicted molar refractivity (Wildman–Crippen MR) is 102 cm³/mol. The first-order valence-corrected chi connectivity index (χ1v) is 9.25. The van der Waals surface area contributed by atoms with E-state index >= 15 is 0 Å². The quantitative estimate of drug-likeness (QED) is 0.733. The van der Waals surface area contributed by atoms with Crippen molar-refractivity contribution in [3.05, 3.63) is 47.3 Å². The summed E-state index contributed by atoms with van der Waals surface area (Å²) in [6.07, 6.45) is 2.56. The van der Waals surface area contributed by atoms with E-state index in [2.05, 4.69) is 45.3 Å². The highest BCUT2D eigenvalue weighted by atomic mass is 16.5. The van der Waals surface area contributed by atoms with E-state index in [1.54, 1.807) is 0 Å². The van der Waals surface area contributed by atoms with Crippen LogP contribution in [0.5, 0.6) is 5.75 Å². The lowest BCUT2D eigenvalue weighted by Crippen LogP contribution is -2.27. The molecular weight excluding hydrogens is 310 g/mol. The number of carbonyl (C=O) groups is 1. The second-order valence-electron chi connectivity index (χ2n) is 8.42. The summed E-state index contributed by atoms with van der Waals surface area (Å²) in [5.74, 6) is 1.76. The molecule has 0 spiro atoms. The molecule has 3 nitrogen and oxygen atoms in total. The van der Waals surface area contributed by atoms with Crippen molar-refractivity contribution < 1.29 is 9.53 Å². The van der Waals surface area contributed by atoms with E-state index in [1.807, 2.05) is 24.3 Å². The molecule has 3 heteroatoms. The van der Waals surface area contributed by atoms with Crippen molar-refractivity contribution in [2.24, 2.45) is 11.3 Å². The van der Waals surface area contributed by atoms with Gasteiger partial charge in [0, 0.05) is 23.4 Å². The minimum absolute atomic E-state index is 0.0000696. The van der Waals surface area contributed by atoms with E-state index < -0.39 is 0 Å².